The molecule has 0 radical (unpaired) electrons. The number of amides is 1. The molecular weight excluding hydrogens is 402 g/mol. The molecule has 0 aliphatic heterocycles. The summed E-state index contributed by atoms with van der Waals surface area (Å²) in [6.45, 7) is 4.17. The first-order chi connectivity index (χ1) is 14.0. The second-order valence-electron chi connectivity index (χ2n) is 6.65. The zero-order chi connectivity index (χ0) is 20.4. The highest BCUT2D eigenvalue weighted by Gasteiger charge is 2.12. The van der Waals surface area contributed by atoms with Crippen LogP contribution in [-0.2, 0) is 5.75 Å². The number of nitrogens with two attached hydrogens (primary N) is 1. The van der Waals surface area contributed by atoms with Crippen LogP contribution in [-0.4, -0.2) is 25.7 Å². The van der Waals surface area contributed by atoms with E-state index in [4.69, 9.17) is 10.7 Å². The lowest BCUT2D eigenvalue weighted by atomic mass is 10.1. The van der Waals surface area contributed by atoms with Gasteiger partial charge in [0.2, 0.25) is 5.91 Å². The molecule has 1 amide bonds. The molecule has 2 heterocycles. The topological polar surface area (TPSA) is 86.7 Å². The summed E-state index contributed by atoms with van der Waals surface area (Å²) in [4.78, 5) is 15.9. The molecular formula is C21H19N5OS2. The smallest absolute Gasteiger partial charge is 0.248 e. The Kier molecular flexibility index (Phi) is 5.46. The highest BCUT2D eigenvalue weighted by atomic mass is 32.2. The van der Waals surface area contributed by atoms with Crippen molar-refractivity contribution in [3.63, 3.8) is 0 Å². The van der Waals surface area contributed by atoms with Gasteiger partial charge < -0.3 is 5.73 Å². The molecule has 146 valence electrons. The van der Waals surface area contributed by atoms with Crippen LogP contribution in [0.25, 0.3) is 16.3 Å². The van der Waals surface area contributed by atoms with Gasteiger partial charge in [-0.2, -0.15) is 0 Å². The minimum Gasteiger partial charge on any atom is -0.366 e. The highest BCUT2D eigenvalue weighted by Crippen LogP contribution is 2.29. The van der Waals surface area contributed by atoms with Gasteiger partial charge in [-0.3, -0.25) is 9.36 Å². The number of primary amides is 1. The van der Waals surface area contributed by atoms with Gasteiger partial charge in [-0.25, -0.2) is 4.98 Å². The van der Waals surface area contributed by atoms with E-state index >= 15 is 0 Å². The number of rotatable bonds is 6. The SMILES string of the molecule is Cc1ccc(-n2cnnc2SCc2csc(-c3ccc(C(N)=O)cc3)n2)c(C)c1. The molecule has 0 aliphatic carbocycles. The van der Waals surface area contributed by atoms with Gasteiger partial charge in [-0.1, -0.05) is 41.6 Å². The second kappa shape index (κ2) is 8.18. The number of thioether (sulfide) groups is 1. The highest BCUT2D eigenvalue weighted by molar-refractivity contribution is 7.98. The largest absolute Gasteiger partial charge is 0.366 e. The molecule has 0 atom stereocenters. The van der Waals surface area contributed by atoms with E-state index in [1.165, 1.54) is 11.1 Å². The molecule has 2 N–H and O–H groups in total. The number of hydrogen-bond donors (Lipinski definition) is 1. The van der Waals surface area contributed by atoms with E-state index in [0.29, 0.717) is 11.3 Å². The Hall–Kier alpha value is -2.97. The van der Waals surface area contributed by atoms with Crippen molar-refractivity contribution in [1.82, 2.24) is 19.7 Å². The van der Waals surface area contributed by atoms with E-state index in [-0.39, 0.29) is 0 Å². The molecule has 6 nitrogen and oxygen atoms in total. The van der Waals surface area contributed by atoms with Crippen molar-refractivity contribution in [3.05, 3.63) is 76.6 Å². The maximum absolute atomic E-state index is 11.2. The Balaban J connectivity index is 1.48. The zero-order valence-electron chi connectivity index (χ0n) is 16.0. The van der Waals surface area contributed by atoms with Crippen molar-refractivity contribution in [3.8, 4) is 16.3 Å². The van der Waals surface area contributed by atoms with Crippen molar-refractivity contribution in [1.29, 1.82) is 0 Å². The van der Waals surface area contributed by atoms with Crippen molar-refractivity contribution in [2.45, 2.75) is 24.8 Å². The maximum atomic E-state index is 11.2. The standard InChI is InChI=1S/C21H19N5OS2/c1-13-3-8-18(14(2)9-13)26-12-23-25-21(26)29-11-17-10-28-20(24-17)16-6-4-15(5-7-16)19(22)27/h3-10,12H,11H2,1-2H3,(H2,22,27). The zero-order valence-corrected chi connectivity index (χ0v) is 17.6. The fourth-order valence-electron chi connectivity index (χ4n) is 2.99. The minimum absolute atomic E-state index is 0.430. The Morgan fingerprint density at radius 2 is 1.97 bits per heavy atom. The van der Waals surface area contributed by atoms with Crippen LogP contribution in [0, 0.1) is 13.8 Å². The molecule has 0 saturated carbocycles. The molecule has 29 heavy (non-hydrogen) atoms. The number of aromatic nitrogens is 4. The number of carbonyl (C=O) groups excluding carboxylic acids is 1. The summed E-state index contributed by atoms with van der Waals surface area (Å²) in [5, 5.41) is 12.1. The molecule has 2 aromatic heterocycles. The van der Waals surface area contributed by atoms with Gasteiger partial charge in [0, 0.05) is 22.3 Å². The summed E-state index contributed by atoms with van der Waals surface area (Å²) in [7, 11) is 0. The fourth-order valence-corrected chi connectivity index (χ4v) is 4.73. The third-order valence-corrected chi connectivity index (χ3v) is 6.36. The fraction of sp³-hybridized carbons (Fsp3) is 0.143. The summed E-state index contributed by atoms with van der Waals surface area (Å²) in [6, 6.07) is 13.5. The van der Waals surface area contributed by atoms with Gasteiger partial charge in [0.15, 0.2) is 5.16 Å². The normalized spacial score (nSPS) is 11.0. The van der Waals surface area contributed by atoms with Gasteiger partial charge in [-0.05, 0) is 37.6 Å². The van der Waals surface area contributed by atoms with E-state index in [1.807, 2.05) is 22.1 Å². The third kappa shape index (κ3) is 4.23. The number of benzene rings is 2. The molecule has 0 unspecified atom stereocenters. The molecule has 0 spiro atoms. The second-order valence-corrected chi connectivity index (χ2v) is 8.45. The maximum Gasteiger partial charge on any atom is 0.248 e. The first-order valence-corrected chi connectivity index (χ1v) is 10.8. The minimum atomic E-state index is -0.430. The quantitative estimate of drug-likeness (QED) is 0.466. The monoisotopic (exact) mass is 421 g/mol. The van der Waals surface area contributed by atoms with Crippen LogP contribution in [0.5, 0.6) is 0 Å². The molecule has 4 rings (SSSR count). The predicted octanol–water partition coefficient (Wildman–Crippen LogP) is 4.40. The van der Waals surface area contributed by atoms with E-state index in [0.717, 1.165) is 27.1 Å². The molecule has 0 fully saturated rings. The molecule has 2 aromatic carbocycles. The molecule has 8 heteroatoms. The van der Waals surface area contributed by atoms with Crippen LogP contribution in [0.1, 0.15) is 27.2 Å². The summed E-state index contributed by atoms with van der Waals surface area (Å²) < 4.78 is 2.01. The van der Waals surface area contributed by atoms with Crippen LogP contribution < -0.4 is 5.73 Å². The third-order valence-electron chi connectivity index (χ3n) is 4.45. The molecule has 4 aromatic rings. The van der Waals surface area contributed by atoms with Crippen LogP contribution in [0.3, 0.4) is 0 Å². The van der Waals surface area contributed by atoms with E-state index in [9.17, 15) is 4.79 Å². The summed E-state index contributed by atoms with van der Waals surface area (Å²) in [5.41, 5.74) is 11.2. The van der Waals surface area contributed by atoms with Crippen molar-refractivity contribution in [2.75, 3.05) is 0 Å². The number of nitrogens with zero attached hydrogens (tertiary/aromatic N) is 4. The lowest BCUT2D eigenvalue weighted by Crippen LogP contribution is -2.10. The van der Waals surface area contributed by atoms with Crippen molar-refractivity contribution >= 4 is 29.0 Å². The lowest BCUT2D eigenvalue weighted by Gasteiger charge is -2.09. The van der Waals surface area contributed by atoms with Gasteiger partial charge in [0.05, 0.1) is 11.4 Å². The van der Waals surface area contributed by atoms with Crippen LogP contribution in [0.4, 0.5) is 0 Å². The average molecular weight is 422 g/mol. The van der Waals surface area contributed by atoms with Gasteiger partial charge in [-0.15, -0.1) is 21.5 Å². The first kappa shape index (κ1) is 19.4. The van der Waals surface area contributed by atoms with Gasteiger partial charge >= 0.3 is 0 Å². The van der Waals surface area contributed by atoms with Crippen LogP contribution in [0.15, 0.2) is 59.3 Å². The van der Waals surface area contributed by atoms with E-state index in [2.05, 4.69) is 42.2 Å². The number of thiazole rings is 1. The summed E-state index contributed by atoms with van der Waals surface area (Å²) in [5.74, 6) is 0.264. The summed E-state index contributed by atoms with van der Waals surface area (Å²) >= 11 is 3.18. The van der Waals surface area contributed by atoms with E-state index in [1.54, 1.807) is 41.6 Å². The number of hydrogen-bond acceptors (Lipinski definition) is 6. The lowest BCUT2D eigenvalue weighted by molar-refractivity contribution is 0.100. The Bertz CT molecular complexity index is 1160. The average Bonchev–Trinajstić information content (AvgIpc) is 3.36. The molecule has 0 saturated heterocycles. The van der Waals surface area contributed by atoms with E-state index < -0.39 is 5.91 Å². The molecule has 0 bridgehead atoms. The van der Waals surface area contributed by atoms with Crippen LogP contribution in [0.2, 0.25) is 0 Å². The first-order valence-electron chi connectivity index (χ1n) is 8.96. The van der Waals surface area contributed by atoms with Crippen molar-refractivity contribution < 1.29 is 4.79 Å². The van der Waals surface area contributed by atoms with Crippen molar-refractivity contribution in [2.24, 2.45) is 5.73 Å². The Morgan fingerprint density at radius 3 is 2.69 bits per heavy atom. The van der Waals surface area contributed by atoms with Gasteiger partial charge in [0.1, 0.15) is 11.3 Å². The molecule has 0 aliphatic rings. The summed E-state index contributed by atoms with van der Waals surface area (Å²) in [6.07, 6.45) is 1.74. The van der Waals surface area contributed by atoms with Crippen LogP contribution >= 0.6 is 23.1 Å². The Labute approximate surface area is 176 Å². The number of aryl methyl sites for hydroxylation is 2. The Morgan fingerprint density at radius 1 is 1.17 bits per heavy atom. The number of carbonyl (C=O) groups is 1. The van der Waals surface area contributed by atoms with Gasteiger partial charge in [0.25, 0.3) is 0 Å². The predicted molar refractivity (Wildman–Crippen MR) is 116 cm³/mol.